The second-order valence-corrected chi connectivity index (χ2v) is 5.14. The quantitative estimate of drug-likeness (QED) is 0.445. The van der Waals surface area contributed by atoms with Crippen LogP contribution in [0.2, 0.25) is 0 Å². The third-order valence-electron chi connectivity index (χ3n) is 3.03. The van der Waals surface area contributed by atoms with E-state index in [1.165, 1.54) is 5.56 Å². The van der Waals surface area contributed by atoms with Crippen molar-refractivity contribution in [3.63, 3.8) is 0 Å². The average molecular weight is 262 g/mol. The lowest BCUT2D eigenvalue weighted by Gasteiger charge is -2.24. The van der Waals surface area contributed by atoms with Crippen molar-refractivity contribution in [2.24, 2.45) is 0 Å². The molecule has 0 aromatic heterocycles. The standard InChI is InChI=1S/C16H22O3/c1-6-7-13-8-10-14(11-9-13)18-15(17)19-16(4,5)12(2)3/h8-11H,2,6-7H2,1,3-5H3. The molecule has 0 amide bonds. The van der Waals surface area contributed by atoms with Crippen molar-refractivity contribution in [1.82, 2.24) is 0 Å². The molecular weight excluding hydrogens is 240 g/mol. The third kappa shape index (κ3) is 4.78. The molecule has 0 radical (unpaired) electrons. The highest BCUT2D eigenvalue weighted by Gasteiger charge is 2.24. The minimum absolute atomic E-state index is 0.488. The molecule has 1 aromatic carbocycles. The molecule has 0 heterocycles. The van der Waals surface area contributed by atoms with E-state index in [9.17, 15) is 4.79 Å². The van der Waals surface area contributed by atoms with Crippen molar-refractivity contribution in [3.8, 4) is 5.75 Å². The molecule has 0 unspecified atom stereocenters. The minimum Gasteiger partial charge on any atom is -0.423 e. The van der Waals surface area contributed by atoms with Gasteiger partial charge >= 0.3 is 6.16 Å². The van der Waals surface area contributed by atoms with Crippen molar-refractivity contribution >= 4 is 6.16 Å². The first-order valence-corrected chi connectivity index (χ1v) is 6.51. The second-order valence-electron chi connectivity index (χ2n) is 5.14. The first kappa shape index (κ1) is 15.3. The van der Waals surface area contributed by atoms with Gasteiger partial charge in [-0.15, -0.1) is 0 Å². The lowest BCUT2D eigenvalue weighted by atomic mass is 10.0. The fraction of sp³-hybridized carbons (Fsp3) is 0.438. The Morgan fingerprint density at radius 1 is 1.26 bits per heavy atom. The molecule has 1 aromatic rings. The topological polar surface area (TPSA) is 35.5 Å². The van der Waals surface area contributed by atoms with Crippen LogP contribution in [-0.4, -0.2) is 11.8 Å². The van der Waals surface area contributed by atoms with E-state index in [0.29, 0.717) is 5.75 Å². The normalized spacial score (nSPS) is 10.9. The summed E-state index contributed by atoms with van der Waals surface area (Å²) in [7, 11) is 0. The monoisotopic (exact) mass is 262 g/mol. The van der Waals surface area contributed by atoms with Gasteiger partial charge < -0.3 is 9.47 Å². The number of ether oxygens (including phenoxy) is 2. The summed E-state index contributed by atoms with van der Waals surface area (Å²) >= 11 is 0. The highest BCUT2D eigenvalue weighted by molar-refractivity contribution is 5.64. The maximum atomic E-state index is 11.7. The molecule has 0 spiro atoms. The SMILES string of the molecule is C=C(C)C(C)(C)OC(=O)Oc1ccc(CCC)cc1. The van der Waals surface area contributed by atoms with Crippen molar-refractivity contribution in [2.75, 3.05) is 0 Å². The van der Waals surface area contributed by atoms with Crippen molar-refractivity contribution in [3.05, 3.63) is 42.0 Å². The number of hydrogen-bond donors (Lipinski definition) is 0. The largest absolute Gasteiger partial charge is 0.514 e. The Morgan fingerprint density at radius 3 is 2.32 bits per heavy atom. The Labute approximate surface area is 115 Å². The summed E-state index contributed by atoms with van der Waals surface area (Å²) in [5.74, 6) is 0.488. The molecule has 0 fully saturated rings. The van der Waals surface area contributed by atoms with E-state index >= 15 is 0 Å². The van der Waals surface area contributed by atoms with E-state index in [0.717, 1.165) is 18.4 Å². The van der Waals surface area contributed by atoms with Gasteiger partial charge in [-0.25, -0.2) is 4.79 Å². The van der Waals surface area contributed by atoms with Crippen LogP contribution in [0.3, 0.4) is 0 Å². The zero-order chi connectivity index (χ0) is 14.5. The minimum atomic E-state index is -0.723. The van der Waals surface area contributed by atoms with E-state index in [-0.39, 0.29) is 0 Å². The van der Waals surface area contributed by atoms with Gasteiger partial charge in [0.15, 0.2) is 0 Å². The van der Waals surface area contributed by atoms with Crippen LogP contribution >= 0.6 is 0 Å². The zero-order valence-electron chi connectivity index (χ0n) is 12.2. The summed E-state index contributed by atoms with van der Waals surface area (Å²) in [5, 5.41) is 0. The Balaban J connectivity index is 2.60. The number of carbonyl (C=O) groups excluding carboxylic acids is 1. The number of hydrogen-bond acceptors (Lipinski definition) is 3. The molecule has 0 atom stereocenters. The summed E-state index contributed by atoms with van der Waals surface area (Å²) < 4.78 is 10.4. The molecule has 104 valence electrons. The first-order chi connectivity index (χ1) is 8.85. The second kappa shape index (κ2) is 6.41. The molecule has 3 heteroatoms. The zero-order valence-corrected chi connectivity index (χ0v) is 12.2. The Hall–Kier alpha value is -1.77. The molecule has 19 heavy (non-hydrogen) atoms. The molecule has 0 aliphatic heterocycles. The van der Waals surface area contributed by atoms with Crippen LogP contribution in [0.4, 0.5) is 4.79 Å². The van der Waals surface area contributed by atoms with Crippen LogP contribution in [0, 0.1) is 0 Å². The van der Waals surface area contributed by atoms with Crippen molar-refractivity contribution in [1.29, 1.82) is 0 Å². The van der Waals surface area contributed by atoms with E-state index in [4.69, 9.17) is 9.47 Å². The van der Waals surface area contributed by atoms with Gasteiger partial charge in [-0.2, -0.15) is 0 Å². The van der Waals surface area contributed by atoms with Gasteiger partial charge in [-0.1, -0.05) is 32.1 Å². The van der Waals surface area contributed by atoms with Gasteiger partial charge in [0.25, 0.3) is 0 Å². The molecule has 0 aliphatic rings. The smallest absolute Gasteiger partial charge is 0.423 e. The van der Waals surface area contributed by atoms with Gasteiger partial charge in [0.2, 0.25) is 0 Å². The molecule has 0 bridgehead atoms. The maximum absolute atomic E-state index is 11.7. The number of aryl methyl sites for hydroxylation is 1. The van der Waals surface area contributed by atoms with Crippen LogP contribution in [0.1, 0.15) is 39.7 Å². The molecule has 0 aliphatic carbocycles. The molecule has 0 N–H and O–H groups in total. The average Bonchev–Trinajstić information content (AvgIpc) is 2.31. The predicted octanol–water partition coefficient (Wildman–Crippen LogP) is 4.51. The van der Waals surface area contributed by atoms with E-state index in [2.05, 4.69) is 13.5 Å². The number of benzene rings is 1. The summed E-state index contributed by atoms with van der Waals surface area (Å²) in [6.07, 6.45) is 1.40. The number of carbonyl (C=O) groups is 1. The van der Waals surface area contributed by atoms with Crippen LogP contribution < -0.4 is 4.74 Å². The lowest BCUT2D eigenvalue weighted by molar-refractivity contribution is 0.0306. The number of rotatable bonds is 5. The summed E-state index contributed by atoms with van der Waals surface area (Å²) in [6, 6.07) is 7.46. The van der Waals surface area contributed by atoms with Gasteiger partial charge in [0.1, 0.15) is 11.4 Å². The molecule has 1 rings (SSSR count). The van der Waals surface area contributed by atoms with Crippen molar-refractivity contribution < 1.29 is 14.3 Å². The first-order valence-electron chi connectivity index (χ1n) is 6.51. The Bertz CT molecular complexity index is 444. The van der Waals surface area contributed by atoms with Crippen LogP contribution in [0.25, 0.3) is 0 Å². The van der Waals surface area contributed by atoms with Crippen molar-refractivity contribution in [2.45, 2.75) is 46.1 Å². The van der Waals surface area contributed by atoms with Crippen LogP contribution in [-0.2, 0) is 11.2 Å². The van der Waals surface area contributed by atoms with Gasteiger partial charge in [-0.05, 0) is 50.5 Å². The van der Waals surface area contributed by atoms with E-state index < -0.39 is 11.8 Å². The maximum Gasteiger partial charge on any atom is 0.514 e. The molecular formula is C16H22O3. The highest BCUT2D eigenvalue weighted by Crippen LogP contribution is 2.20. The molecule has 0 saturated heterocycles. The summed E-state index contributed by atoms with van der Waals surface area (Å²) in [4.78, 5) is 11.7. The van der Waals surface area contributed by atoms with Gasteiger partial charge in [0, 0.05) is 0 Å². The summed E-state index contributed by atoms with van der Waals surface area (Å²) in [5.41, 5.74) is 1.27. The lowest BCUT2D eigenvalue weighted by Crippen LogP contribution is -2.30. The van der Waals surface area contributed by atoms with Crippen LogP contribution in [0.5, 0.6) is 5.75 Å². The van der Waals surface area contributed by atoms with E-state index in [1.807, 2.05) is 19.1 Å². The fourth-order valence-electron chi connectivity index (χ4n) is 1.43. The Morgan fingerprint density at radius 2 is 1.84 bits per heavy atom. The fourth-order valence-corrected chi connectivity index (χ4v) is 1.43. The van der Waals surface area contributed by atoms with E-state index in [1.54, 1.807) is 26.0 Å². The van der Waals surface area contributed by atoms with Gasteiger partial charge in [-0.3, -0.25) is 0 Å². The third-order valence-corrected chi connectivity index (χ3v) is 3.03. The highest BCUT2D eigenvalue weighted by atomic mass is 16.7. The summed E-state index contributed by atoms with van der Waals surface area (Å²) in [6.45, 7) is 11.3. The Kier molecular flexibility index (Phi) is 5.16. The van der Waals surface area contributed by atoms with Crippen LogP contribution in [0.15, 0.2) is 36.4 Å². The van der Waals surface area contributed by atoms with Gasteiger partial charge in [0.05, 0.1) is 0 Å². The molecule has 3 nitrogen and oxygen atoms in total. The predicted molar refractivity (Wildman–Crippen MR) is 76.4 cm³/mol. The molecule has 0 saturated carbocycles.